The molecule has 0 aliphatic carbocycles. The largest absolute Gasteiger partial charge is 0.433 e. The number of halogens is 3. The minimum atomic E-state index is -4.38. The molecular formula is C7H8F3N3. The van der Waals surface area contributed by atoms with Gasteiger partial charge in [0.05, 0.1) is 0 Å². The summed E-state index contributed by atoms with van der Waals surface area (Å²) in [6.07, 6.45) is -3.24. The molecule has 1 rings (SSSR count). The summed E-state index contributed by atoms with van der Waals surface area (Å²) in [4.78, 5) is 3.25. The molecule has 6 heteroatoms. The Balaban J connectivity index is 2.81. The molecule has 13 heavy (non-hydrogen) atoms. The number of hydrazine groups is 1. The fraction of sp³-hybridized carbons (Fsp3) is 0.286. The Morgan fingerprint density at radius 2 is 2.08 bits per heavy atom. The van der Waals surface area contributed by atoms with Crippen LogP contribution in [0, 0.1) is 0 Å². The van der Waals surface area contributed by atoms with Gasteiger partial charge in [-0.05, 0) is 11.6 Å². The Bertz CT molecular complexity index is 267. The van der Waals surface area contributed by atoms with E-state index in [4.69, 9.17) is 5.84 Å². The van der Waals surface area contributed by atoms with Gasteiger partial charge >= 0.3 is 6.18 Å². The fourth-order valence-corrected chi connectivity index (χ4v) is 0.815. The van der Waals surface area contributed by atoms with E-state index in [1.807, 2.05) is 0 Å². The van der Waals surface area contributed by atoms with Crippen molar-refractivity contribution in [2.24, 2.45) is 5.84 Å². The highest BCUT2D eigenvalue weighted by atomic mass is 19.4. The van der Waals surface area contributed by atoms with E-state index in [1.54, 1.807) is 0 Å². The number of nitrogens with zero attached hydrogens (tertiary/aromatic N) is 1. The molecule has 1 aromatic heterocycles. The van der Waals surface area contributed by atoms with Gasteiger partial charge in [-0.15, -0.1) is 0 Å². The van der Waals surface area contributed by atoms with Crippen LogP contribution in [0.25, 0.3) is 0 Å². The van der Waals surface area contributed by atoms with Crippen molar-refractivity contribution < 1.29 is 13.2 Å². The molecule has 0 amide bonds. The van der Waals surface area contributed by atoms with E-state index in [9.17, 15) is 13.2 Å². The predicted molar refractivity (Wildman–Crippen MR) is 40.3 cm³/mol. The Labute approximate surface area is 72.7 Å². The average molecular weight is 191 g/mol. The molecule has 3 nitrogen and oxygen atoms in total. The highest BCUT2D eigenvalue weighted by Gasteiger charge is 2.31. The van der Waals surface area contributed by atoms with Crippen LogP contribution in [0.2, 0.25) is 0 Å². The molecule has 3 N–H and O–H groups in total. The molecule has 0 aromatic carbocycles. The molecule has 0 saturated carbocycles. The number of hydrogen-bond donors (Lipinski definition) is 2. The number of pyridine rings is 1. The van der Waals surface area contributed by atoms with Crippen LogP contribution < -0.4 is 11.3 Å². The summed E-state index contributed by atoms with van der Waals surface area (Å²) in [7, 11) is 0. The second kappa shape index (κ2) is 3.71. The zero-order chi connectivity index (χ0) is 9.90. The summed E-state index contributed by atoms with van der Waals surface area (Å²) in [5.41, 5.74) is 2.03. The van der Waals surface area contributed by atoms with Gasteiger partial charge in [-0.25, -0.2) is 0 Å². The van der Waals surface area contributed by atoms with Crippen LogP contribution in [0.15, 0.2) is 18.3 Å². The van der Waals surface area contributed by atoms with Crippen LogP contribution >= 0.6 is 0 Å². The van der Waals surface area contributed by atoms with Gasteiger partial charge in [-0.3, -0.25) is 16.3 Å². The van der Waals surface area contributed by atoms with E-state index in [1.165, 1.54) is 6.07 Å². The molecule has 0 unspecified atom stereocenters. The first kappa shape index (κ1) is 9.94. The van der Waals surface area contributed by atoms with Gasteiger partial charge in [-0.2, -0.15) is 13.2 Å². The van der Waals surface area contributed by atoms with Crippen molar-refractivity contribution in [3.63, 3.8) is 0 Å². The standard InChI is InChI=1S/C7H8F3N3/c8-7(9,10)6-2-1-5(3-12-6)4-13-11/h1-3,13H,4,11H2. The van der Waals surface area contributed by atoms with Gasteiger partial charge in [0.25, 0.3) is 0 Å². The van der Waals surface area contributed by atoms with Gasteiger partial charge in [-0.1, -0.05) is 6.07 Å². The molecule has 0 fully saturated rings. The van der Waals surface area contributed by atoms with Gasteiger partial charge in [0.15, 0.2) is 0 Å². The maximum absolute atomic E-state index is 12.0. The van der Waals surface area contributed by atoms with E-state index in [0.29, 0.717) is 12.1 Å². The highest BCUT2D eigenvalue weighted by Crippen LogP contribution is 2.26. The Kier molecular flexibility index (Phi) is 2.84. The maximum atomic E-state index is 12.0. The van der Waals surface area contributed by atoms with E-state index in [2.05, 4.69) is 10.4 Å². The van der Waals surface area contributed by atoms with Gasteiger partial charge < -0.3 is 0 Å². The van der Waals surface area contributed by atoms with Crippen molar-refractivity contribution in [3.8, 4) is 0 Å². The van der Waals surface area contributed by atoms with Crippen molar-refractivity contribution >= 4 is 0 Å². The molecule has 0 spiro atoms. The molecule has 72 valence electrons. The number of hydrogen-bond acceptors (Lipinski definition) is 3. The van der Waals surface area contributed by atoms with Crippen LogP contribution in [0.1, 0.15) is 11.3 Å². The van der Waals surface area contributed by atoms with Crippen LogP contribution in [0.5, 0.6) is 0 Å². The quantitative estimate of drug-likeness (QED) is 0.543. The second-order valence-corrected chi connectivity index (χ2v) is 2.43. The lowest BCUT2D eigenvalue weighted by molar-refractivity contribution is -0.141. The molecule has 0 aliphatic rings. The van der Waals surface area contributed by atoms with Crippen molar-refractivity contribution in [1.29, 1.82) is 0 Å². The molecule has 0 saturated heterocycles. The molecule has 0 atom stereocenters. The summed E-state index contributed by atoms with van der Waals surface area (Å²) < 4.78 is 36.0. The van der Waals surface area contributed by atoms with Crippen LogP contribution in [-0.2, 0) is 12.7 Å². The number of rotatable bonds is 2. The number of aromatic nitrogens is 1. The molecule has 0 aliphatic heterocycles. The van der Waals surface area contributed by atoms with Crippen molar-refractivity contribution in [1.82, 2.24) is 10.4 Å². The third-order valence-corrected chi connectivity index (χ3v) is 1.42. The third kappa shape index (κ3) is 2.67. The summed E-state index contributed by atoms with van der Waals surface area (Å²) in [6, 6.07) is 2.25. The lowest BCUT2D eigenvalue weighted by Gasteiger charge is -2.05. The summed E-state index contributed by atoms with van der Waals surface area (Å²) in [5, 5.41) is 0. The molecule has 1 aromatic rings. The van der Waals surface area contributed by atoms with Crippen LogP contribution in [0.3, 0.4) is 0 Å². The zero-order valence-corrected chi connectivity index (χ0v) is 6.60. The second-order valence-electron chi connectivity index (χ2n) is 2.43. The first-order valence-corrected chi connectivity index (χ1v) is 3.49. The number of nitrogens with two attached hydrogens (primary N) is 1. The third-order valence-electron chi connectivity index (χ3n) is 1.42. The Morgan fingerprint density at radius 1 is 1.38 bits per heavy atom. The summed E-state index contributed by atoms with van der Waals surface area (Å²) in [5.74, 6) is 4.98. The van der Waals surface area contributed by atoms with E-state index >= 15 is 0 Å². The van der Waals surface area contributed by atoms with E-state index in [0.717, 1.165) is 12.3 Å². The van der Waals surface area contributed by atoms with Gasteiger partial charge in [0, 0.05) is 12.7 Å². The normalized spacial score (nSPS) is 11.7. The Morgan fingerprint density at radius 3 is 2.46 bits per heavy atom. The number of nitrogens with one attached hydrogen (secondary N) is 1. The van der Waals surface area contributed by atoms with Crippen LogP contribution in [-0.4, -0.2) is 4.98 Å². The minimum Gasteiger partial charge on any atom is -0.271 e. The Hall–Kier alpha value is -1.14. The van der Waals surface area contributed by atoms with Crippen molar-refractivity contribution in [3.05, 3.63) is 29.6 Å². The monoisotopic (exact) mass is 191 g/mol. The van der Waals surface area contributed by atoms with E-state index in [-0.39, 0.29) is 0 Å². The minimum absolute atomic E-state index is 0.297. The van der Waals surface area contributed by atoms with Crippen LogP contribution in [0.4, 0.5) is 13.2 Å². The zero-order valence-electron chi connectivity index (χ0n) is 6.60. The maximum Gasteiger partial charge on any atom is 0.433 e. The SMILES string of the molecule is NNCc1ccc(C(F)(F)F)nc1. The summed E-state index contributed by atoms with van der Waals surface area (Å²) in [6.45, 7) is 0.297. The summed E-state index contributed by atoms with van der Waals surface area (Å²) >= 11 is 0. The molecular weight excluding hydrogens is 183 g/mol. The van der Waals surface area contributed by atoms with Crippen molar-refractivity contribution in [2.75, 3.05) is 0 Å². The molecule has 0 bridgehead atoms. The highest BCUT2D eigenvalue weighted by molar-refractivity contribution is 5.15. The lowest BCUT2D eigenvalue weighted by atomic mass is 10.2. The molecule has 1 heterocycles. The van der Waals surface area contributed by atoms with Gasteiger partial charge in [0.1, 0.15) is 5.69 Å². The smallest absolute Gasteiger partial charge is 0.271 e. The van der Waals surface area contributed by atoms with Gasteiger partial charge in [0.2, 0.25) is 0 Å². The average Bonchev–Trinajstić information content (AvgIpc) is 2.04. The first-order chi connectivity index (χ1) is 6.04. The number of alkyl halides is 3. The lowest BCUT2D eigenvalue weighted by Crippen LogP contribution is -2.21. The first-order valence-electron chi connectivity index (χ1n) is 3.49. The topological polar surface area (TPSA) is 50.9 Å². The predicted octanol–water partition coefficient (Wildman–Crippen LogP) is 1.06. The van der Waals surface area contributed by atoms with Crippen molar-refractivity contribution in [2.45, 2.75) is 12.7 Å². The fourth-order valence-electron chi connectivity index (χ4n) is 0.815. The van der Waals surface area contributed by atoms with E-state index < -0.39 is 11.9 Å². The molecule has 0 radical (unpaired) electrons.